The first-order valence-corrected chi connectivity index (χ1v) is 6.12. The van der Waals surface area contributed by atoms with E-state index in [2.05, 4.69) is 0 Å². The minimum atomic E-state index is -4.71. The molecule has 1 aliphatic heterocycles. The third-order valence-corrected chi connectivity index (χ3v) is 3.32. The molecule has 114 valence electrons. The average Bonchev–Trinajstić information content (AvgIpc) is 2.86. The predicted molar refractivity (Wildman–Crippen MR) is 63.1 cm³/mol. The zero-order valence-corrected chi connectivity index (χ0v) is 10.7. The maximum absolute atomic E-state index is 13.6. The summed E-state index contributed by atoms with van der Waals surface area (Å²) in [6, 6.07) is 0.369. The lowest BCUT2D eigenvalue weighted by Crippen LogP contribution is -2.40. The summed E-state index contributed by atoms with van der Waals surface area (Å²) in [6.07, 6.45) is -4.11. The second kappa shape index (κ2) is 5.34. The van der Waals surface area contributed by atoms with Crippen molar-refractivity contribution in [3.63, 3.8) is 0 Å². The number of likely N-dealkylation sites (tertiary alicyclic amines) is 1. The van der Waals surface area contributed by atoms with Crippen LogP contribution in [0.15, 0.2) is 18.2 Å². The number of nitrogens with zero attached hydrogens (tertiary/aromatic N) is 1. The van der Waals surface area contributed by atoms with Crippen LogP contribution in [-0.4, -0.2) is 34.5 Å². The number of carboxylic acid groups (broad SMARTS) is 1. The van der Waals surface area contributed by atoms with E-state index < -0.39 is 41.0 Å². The van der Waals surface area contributed by atoms with Gasteiger partial charge in [-0.3, -0.25) is 4.79 Å². The minimum Gasteiger partial charge on any atom is -0.480 e. The van der Waals surface area contributed by atoms with E-state index in [1.807, 2.05) is 0 Å². The Hall–Kier alpha value is -2.12. The van der Waals surface area contributed by atoms with Crippen LogP contribution in [0.5, 0.6) is 0 Å². The van der Waals surface area contributed by atoms with E-state index in [1.165, 1.54) is 0 Å². The van der Waals surface area contributed by atoms with Crippen molar-refractivity contribution in [2.45, 2.75) is 25.1 Å². The second-order valence-electron chi connectivity index (χ2n) is 4.69. The monoisotopic (exact) mass is 305 g/mol. The number of amides is 1. The van der Waals surface area contributed by atoms with Gasteiger partial charge in [-0.2, -0.15) is 13.2 Å². The van der Waals surface area contributed by atoms with Gasteiger partial charge in [0.15, 0.2) is 0 Å². The fourth-order valence-corrected chi connectivity index (χ4v) is 2.29. The highest BCUT2D eigenvalue weighted by Crippen LogP contribution is 2.31. The Labute approximate surface area is 117 Å². The lowest BCUT2D eigenvalue weighted by molar-refractivity contribution is -0.141. The van der Waals surface area contributed by atoms with Gasteiger partial charge in [-0.15, -0.1) is 0 Å². The Balaban J connectivity index is 2.37. The van der Waals surface area contributed by atoms with Crippen LogP contribution in [0.25, 0.3) is 0 Å². The summed E-state index contributed by atoms with van der Waals surface area (Å²) in [5, 5.41) is 8.96. The van der Waals surface area contributed by atoms with Crippen molar-refractivity contribution < 1.29 is 32.3 Å². The van der Waals surface area contributed by atoms with Gasteiger partial charge in [0.1, 0.15) is 11.9 Å². The SMILES string of the molecule is O=C(O)[C@@H]1CCCN1C(=O)c1cc(C(F)(F)F)ccc1F. The molecule has 1 fully saturated rings. The van der Waals surface area contributed by atoms with Gasteiger partial charge < -0.3 is 10.0 Å². The Morgan fingerprint density at radius 1 is 1.29 bits per heavy atom. The van der Waals surface area contributed by atoms with Crippen LogP contribution in [-0.2, 0) is 11.0 Å². The van der Waals surface area contributed by atoms with Crippen LogP contribution in [0, 0.1) is 5.82 Å². The zero-order valence-electron chi connectivity index (χ0n) is 10.7. The molecule has 0 unspecified atom stereocenters. The molecule has 4 nitrogen and oxygen atoms in total. The van der Waals surface area contributed by atoms with Gasteiger partial charge in [0, 0.05) is 6.54 Å². The number of carboxylic acids is 1. The van der Waals surface area contributed by atoms with Crippen molar-refractivity contribution in [2.24, 2.45) is 0 Å². The summed E-state index contributed by atoms with van der Waals surface area (Å²) >= 11 is 0. The van der Waals surface area contributed by atoms with Crippen molar-refractivity contribution in [2.75, 3.05) is 6.54 Å². The highest BCUT2D eigenvalue weighted by atomic mass is 19.4. The molecule has 1 aromatic carbocycles. The molecule has 0 saturated carbocycles. The third-order valence-electron chi connectivity index (χ3n) is 3.32. The van der Waals surface area contributed by atoms with Gasteiger partial charge >= 0.3 is 12.1 Å². The molecule has 0 aromatic heterocycles. The summed E-state index contributed by atoms with van der Waals surface area (Å²) in [5.41, 5.74) is -1.92. The summed E-state index contributed by atoms with van der Waals surface area (Å²) < 4.78 is 51.4. The molecular formula is C13H11F4NO3. The fraction of sp³-hybridized carbons (Fsp3) is 0.385. The van der Waals surface area contributed by atoms with E-state index in [-0.39, 0.29) is 13.0 Å². The zero-order chi connectivity index (χ0) is 15.8. The topological polar surface area (TPSA) is 57.6 Å². The Bertz CT molecular complexity index is 585. The number of rotatable bonds is 2. The quantitative estimate of drug-likeness (QED) is 0.854. The number of hydrogen-bond donors (Lipinski definition) is 1. The molecule has 0 spiro atoms. The maximum Gasteiger partial charge on any atom is 0.416 e. The standard InChI is InChI=1S/C13H11F4NO3/c14-9-4-3-7(13(15,16)17)6-8(9)11(19)18-5-1-2-10(18)12(20)21/h3-4,6,10H,1-2,5H2,(H,20,21)/t10-/m0/s1. The largest absolute Gasteiger partial charge is 0.480 e. The van der Waals surface area contributed by atoms with Crippen molar-refractivity contribution >= 4 is 11.9 Å². The smallest absolute Gasteiger partial charge is 0.416 e. The van der Waals surface area contributed by atoms with Crippen LogP contribution in [0.1, 0.15) is 28.8 Å². The van der Waals surface area contributed by atoms with Crippen LogP contribution in [0.4, 0.5) is 17.6 Å². The van der Waals surface area contributed by atoms with E-state index in [0.717, 1.165) is 4.90 Å². The highest BCUT2D eigenvalue weighted by molar-refractivity contribution is 5.97. The summed E-state index contributed by atoms with van der Waals surface area (Å²) in [7, 11) is 0. The Kier molecular flexibility index (Phi) is 3.89. The van der Waals surface area contributed by atoms with Crippen LogP contribution in [0.2, 0.25) is 0 Å². The first-order valence-electron chi connectivity index (χ1n) is 6.12. The minimum absolute atomic E-state index is 0.0749. The molecule has 2 rings (SSSR count). The van der Waals surface area contributed by atoms with E-state index in [0.29, 0.717) is 24.6 Å². The molecule has 8 heteroatoms. The first-order chi connectivity index (χ1) is 9.71. The van der Waals surface area contributed by atoms with Gasteiger partial charge in [-0.1, -0.05) is 0 Å². The van der Waals surface area contributed by atoms with E-state index in [9.17, 15) is 27.2 Å². The Morgan fingerprint density at radius 3 is 2.52 bits per heavy atom. The number of aliphatic carboxylic acids is 1. The second-order valence-corrected chi connectivity index (χ2v) is 4.69. The number of halogens is 4. The van der Waals surface area contributed by atoms with Crippen molar-refractivity contribution in [1.82, 2.24) is 4.90 Å². The highest BCUT2D eigenvalue weighted by Gasteiger charge is 2.37. The third kappa shape index (κ3) is 2.98. The van der Waals surface area contributed by atoms with Crippen LogP contribution in [0.3, 0.4) is 0 Å². The van der Waals surface area contributed by atoms with Gasteiger partial charge in [-0.25, -0.2) is 9.18 Å². The van der Waals surface area contributed by atoms with Crippen LogP contribution < -0.4 is 0 Å². The average molecular weight is 305 g/mol. The molecule has 1 aromatic rings. The number of hydrogen-bond acceptors (Lipinski definition) is 2. The van der Waals surface area contributed by atoms with Crippen molar-refractivity contribution in [3.05, 3.63) is 35.1 Å². The predicted octanol–water partition coefficient (Wildman–Crippen LogP) is 2.53. The summed E-state index contributed by atoms with van der Waals surface area (Å²) in [6.45, 7) is 0.0749. The number of benzene rings is 1. The van der Waals surface area contributed by atoms with E-state index in [1.54, 1.807) is 0 Å². The normalized spacial score (nSPS) is 18.9. The molecule has 1 saturated heterocycles. The van der Waals surface area contributed by atoms with Gasteiger partial charge in [-0.05, 0) is 31.0 Å². The van der Waals surface area contributed by atoms with E-state index in [4.69, 9.17) is 5.11 Å². The van der Waals surface area contributed by atoms with Gasteiger partial charge in [0.05, 0.1) is 11.1 Å². The number of carbonyl (C=O) groups is 2. The van der Waals surface area contributed by atoms with Crippen molar-refractivity contribution in [3.8, 4) is 0 Å². The molecule has 21 heavy (non-hydrogen) atoms. The lowest BCUT2D eigenvalue weighted by Gasteiger charge is -2.22. The number of alkyl halides is 3. The lowest BCUT2D eigenvalue weighted by atomic mass is 10.1. The molecular weight excluding hydrogens is 294 g/mol. The molecule has 1 N–H and O–H groups in total. The summed E-state index contributed by atoms with van der Waals surface area (Å²) in [5.74, 6) is -3.40. The molecule has 1 amide bonds. The summed E-state index contributed by atoms with van der Waals surface area (Å²) in [4.78, 5) is 24.0. The maximum atomic E-state index is 13.6. The molecule has 0 radical (unpaired) electrons. The van der Waals surface area contributed by atoms with Crippen molar-refractivity contribution in [1.29, 1.82) is 0 Å². The molecule has 0 aliphatic carbocycles. The molecule has 1 heterocycles. The molecule has 1 aliphatic rings. The van der Waals surface area contributed by atoms with Crippen LogP contribution >= 0.6 is 0 Å². The van der Waals surface area contributed by atoms with Gasteiger partial charge in [0.25, 0.3) is 5.91 Å². The van der Waals surface area contributed by atoms with E-state index >= 15 is 0 Å². The molecule has 0 bridgehead atoms. The first kappa shape index (κ1) is 15.3. The Morgan fingerprint density at radius 2 is 1.95 bits per heavy atom. The van der Waals surface area contributed by atoms with Gasteiger partial charge in [0.2, 0.25) is 0 Å². The fourth-order valence-electron chi connectivity index (χ4n) is 2.29. The molecule has 1 atom stereocenters. The number of carbonyl (C=O) groups excluding carboxylic acids is 1.